The molecule has 0 aromatic carbocycles. The molecule has 148 valence electrons. The molecule has 0 saturated carbocycles. The highest BCUT2D eigenvalue weighted by Gasteiger charge is 2.19. The largest absolute Gasteiger partial charge is 0.456 e. The molecular formula is C18H17ClN2O4S3. The summed E-state index contributed by atoms with van der Waals surface area (Å²) in [6.07, 6.45) is 0. The number of aromatic amines is 1. The van der Waals surface area contributed by atoms with Crippen LogP contribution in [0.4, 0.5) is 0 Å². The van der Waals surface area contributed by atoms with Crippen LogP contribution in [-0.4, -0.2) is 33.6 Å². The third-order valence-corrected chi connectivity index (χ3v) is 7.59. The number of aryl methyl sites for hydroxylation is 2. The molecule has 0 amide bonds. The Morgan fingerprint density at radius 3 is 2.75 bits per heavy atom. The molecule has 1 N–H and O–H groups in total. The predicted molar refractivity (Wildman–Crippen MR) is 115 cm³/mol. The number of rotatable bonds is 7. The minimum absolute atomic E-state index is 0.169. The zero-order chi connectivity index (χ0) is 20.4. The van der Waals surface area contributed by atoms with E-state index in [1.54, 1.807) is 19.1 Å². The maximum Gasteiger partial charge on any atom is 0.319 e. The number of thioether (sulfide) groups is 1. The lowest BCUT2D eigenvalue weighted by Gasteiger charge is -2.10. The smallest absolute Gasteiger partial charge is 0.319 e. The summed E-state index contributed by atoms with van der Waals surface area (Å²) < 4.78 is 5.60. The van der Waals surface area contributed by atoms with Gasteiger partial charge in [-0.2, -0.15) is 0 Å². The zero-order valence-electron chi connectivity index (χ0n) is 15.3. The molecule has 0 bridgehead atoms. The van der Waals surface area contributed by atoms with Gasteiger partial charge < -0.3 is 9.72 Å². The molecule has 0 fully saturated rings. The summed E-state index contributed by atoms with van der Waals surface area (Å²) in [6.45, 7) is 5.23. The number of H-pyrrole nitrogens is 1. The molecule has 1 unspecified atom stereocenters. The quantitative estimate of drug-likeness (QED) is 0.419. The third kappa shape index (κ3) is 4.65. The average molecular weight is 457 g/mol. The Kier molecular flexibility index (Phi) is 6.59. The fraction of sp³-hybridized carbons (Fsp3) is 0.333. The van der Waals surface area contributed by atoms with Crippen LogP contribution in [0.5, 0.6) is 0 Å². The first kappa shape index (κ1) is 21.0. The van der Waals surface area contributed by atoms with Gasteiger partial charge in [0.2, 0.25) is 5.78 Å². The lowest BCUT2D eigenvalue weighted by atomic mass is 10.2. The van der Waals surface area contributed by atoms with Gasteiger partial charge >= 0.3 is 5.97 Å². The number of ketones is 1. The van der Waals surface area contributed by atoms with Crippen LogP contribution in [0.2, 0.25) is 4.34 Å². The molecular weight excluding hydrogens is 440 g/mol. The van der Waals surface area contributed by atoms with Crippen LogP contribution in [0.1, 0.15) is 32.9 Å². The molecule has 3 rings (SSSR count). The van der Waals surface area contributed by atoms with Crippen LogP contribution in [0, 0.1) is 13.8 Å². The number of halogens is 1. The highest BCUT2D eigenvalue weighted by molar-refractivity contribution is 7.99. The maximum atomic E-state index is 12.3. The topological polar surface area (TPSA) is 89.1 Å². The number of hydrogen-bond donors (Lipinski definition) is 1. The lowest BCUT2D eigenvalue weighted by Crippen LogP contribution is -2.21. The van der Waals surface area contributed by atoms with Gasteiger partial charge in [-0.15, -0.1) is 34.4 Å². The van der Waals surface area contributed by atoms with E-state index in [1.165, 1.54) is 23.1 Å². The molecule has 3 aromatic heterocycles. The van der Waals surface area contributed by atoms with E-state index < -0.39 is 11.2 Å². The second kappa shape index (κ2) is 8.77. The normalized spacial score (nSPS) is 12.3. The van der Waals surface area contributed by atoms with Crippen molar-refractivity contribution in [3.63, 3.8) is 0 Å². The molecule has 10 heteroatoms. The maximum absolute atomic E-state index is 12.3. The number of ether oxygens (including phenoxy) is 1. The molecule has 0 saturated heterocycles. The number of thiophene rings is 2. The van der Waals surface area contributed by atoms with Crippen molar-refractivity contribution in [1.29, 1.82) is 0 Å². The van der Waals surface area contributed by atoms with Crippen LogP contribution in [0.15, 0.2) is 16.9 Å². The van der Waals surface area contributed by atoms with Crippen molar-refractivity contribution in [2.24, 2.45) is 0 Å². The summed E-state index contributed by atoms with van der Waals surface area (Å²) >= 11 is 9.71. The number of hydrogen-bond acceptors (Lipinski definition) is 8. The molecule has 1 atom stereocenters. The fourth-order valence-corrected chi connectivity index (χ4v) is 5.19. The summed E-state index contributed by atoms with van der Waals surface area (Å²) in [5.41, 5.74) is 0.777. The van der Waals surface area contributed by atoms with E-state index in [4.69, 9.17) is 16.3 Å². The van der Waals surface area contributed by atoms with E-state index in [-0.39, 0.29) is 17.9 Å². The molecule has 6 nitrogen and oxygen atoms in total. The van der Waals surface area contributed by atoms with Crippen molar-refractivity contribution in [1.82, 2.24) is 9.97 Å². The third-order valence-electron chi connectivity index (χ3n) is 4.08. The van der Waals surface area contributed by atoms with Crippen molar-refractivity contribution in [2.45, 2.75) is 31.8 Å². The summed E-state index contributed by atoms with van der Waals surface area (Å²) in [4.78, 5) is 45.9. The van der Waals surface area contributed by atoms with E-state index in [2.05, 4.69) is 9.97 Å². The monoisotopic (exact) mass is 456 g/mol. The number of aromatic nitrogens is 2. The van der Waals surface area contributed by atoms with Gasteiger partial charge in [0.05, 0.1) is 20.4 Å². The van der Waals surface area contributed by atoms with Crippen LogP contribution in [-0.2, 0) is 15.3 Å². The van der Waals surface area contributed by atoms with Gasteiger partial charge in [-0.1, -0.05) is 11.6 Å². The Balaban J connectivity index is 1.56. The number of fused-ring (bicyclic) bond motifs is 1. The first-order chi connectivity index (χ1) is 13.3. The standard InChI is InChI=1S/C18H17ClN2O4S3/c1-8-9(2)27-17-15(8)16(23)20-14(21-17)7-26-10(3)18(24)25-6-11(22)12-4-5-13(19)28-12/h4-5,10H,6-7H2,1-3H3,(H,20,21,23). The molecule has 3 aromatic rings. The van der Waals surface area contributed by atoms with Gasteiger partial charge in [0.25, 0.3) is 5.56 Å². The van der Waals surface area contributed by atoms with Gasteiger partial charge in [0, 0.05) is 4.88 Å². The summed E-state index contributed by atoms with van der Waals surface area (Å²) in [5.74, 6) is 0.0774. The average Bonchev–Trinajstić information content (AvgIpc) is 3.21. The molecule has 0 radical (unpaired) electrons. The Morgan fingerprint density at radius 2 is 2.07 bits per heavy atom. The van der Waals surface area contributed by atoms with Crippen LogP contribution in [0.25, 0.3) is 10.2 Å². The highest BCUT2D eigenvalue weighted by atomic mass is 35.5. The predicted octanol–water partition coefficient (Wildman–Crippen LogP) is 4.36. The Morgan fingerprint density at radius 1 is 1.32 bits per heavy atom. The molecule has 0 spiro atoms. The van der Waals surface area contributed by atoms with Crippen molar-refractivity contribution < 1.29 is 14.3 Å². The number of esters is 1. The zero-order valence-corrected chi connectivity index (χ0v) is 18.5. The second-order valence-electron chi connectivity index (χ2n) is 6.06. The summed E-state index contributed by atoms with van der Waals surface area (Å²) in [6, 6.07) is 3.23. The minimum atomic E-state index is -0.507. The number of nitrogens with one attached hydrogen (secondary N) is 1. The van der Waals surface area contributed by atoms with E-state index in [0.717, 1.165) is 21.8 Å². The van der Waals surface area contributed by atoms with Crippen LogP contribution < -0.4 is 5.56 Å². The van der Waals surface area contributed by atoms with E-state index >= 15 is 0 Å². The van der Waals surface area contributed by atoms with Crippen molar-refractivity contribution >= 4 is 68.0 Å². The van der Waals surface area contributed by atoms with E-state index in [0.29, 0.717) is 31.0 Å². The first-order valence-electron chi connectivity index (χ1n) is 8.32. The molecule has 28 heavy (non-hydrogen) atoms. The fourth-order valence-electron chi connectivity index (χ4n) is 2.43. The molecule has 3 heterocycles. The van der Waals surface area contributed by atoms with Crippen molar-refractivity contribution in [3.05, 3.63) is 48.0 Å². The van der Waals surface area contributed by atoms with Crippen molar-refractivity contribution in [2.75, 3.05) is 6.61 Å². The Bertz CT molecular complexity index is 1100. The second-order valence-corrected chi connectivity index (χ2v) is 10.3. The van der Waals surface area contributed by atoms with Gasteiger partial charge in [-0.25, -0.2) is 4.98 Å². The van der Waals surface area contributed by atoms with Crippen LogP contribution >= 0.6 is 46.0 Å². The lowest BCUT2D eigenvalue weighted by molar-refractivity contribution is -0.141. The van der Waals surface area contributed by atoms with Gasteiger partial charge in [0.15, 0.2) is 6.61 Å². The van der Waals surface area contributed by atoms with Gasteiger partial charge in [-0.3, -0.25) is 14.4 Å². The van der Waals surface area contributed by atoms with E-state index in [9.17, 15) is 14.4 Å². The summed E-state index contributed by atoms with van der Waals surface area (Å²) in [7, 11) is 0. The summed E-state index contributed by atoms with van der Waals surface area (Å²) in [5, 5.41) is 0.114. The minimum Gasteiger partial charge on any atom is -0.456 e. The van der Waals surface area contributed by atoms with Crippen molar-refractivity contribution in [3.8, 4) is 0 Å². The SMILES string of the molecule is Cc1sc2nc(CSC(C)C(=O)OCC(=O)c3ccc(Cl)s3)[nH]c(=O)c2c1C. The molecule has 0 aliphatic rings. The number of Topliss-reactive ketones (excluding diaryl/α,β-unsaturated/α-hetero) is 1. The molecule has 0 aliphatic heterocycles. The Labute approximate surface area is 178 Å². The number of carbonyl (C=O) groups excluding carboxylic acids is 2. The Hall–Kier alpha value is -1.68. The first-order valence-corrected chi connectivity index (χ1v) is 11.4. The number of nitrogens with zero attached hydrogens (tertiary/aromatic N) is 1. The van der Waals surface area contributed by atoms with Crippen LogP contribution in [0.3, 0.4) is 0 Å². The van der Waals surface area contributed by atoms with E-state index in [1.807, 2.05) is 13.8 Å². The highest BCUT2D eigenvalue weighted by Crippen LogP contribution is 2.27. The van der Waals surface area contributed by atoms with Gasteiger partial charge in [-0.05, 0) is 38.5 Å². The van der Waals surface area contributed by atoms with Gasteiger partial charge in [0.1, 0.15) is 15.9 Å². The molecule has 0 aliphatic carbocycles. The number of carbonyl (C=O) groups is 2.